The molecular formula is C21H22N4O2S. The van der Waals surface area contributed by atoms with Crippen molar-refractivity contribution in [2.75, 3.05) is 5.32 Å². The van der Waals surface area contributed by atoms with E-state index in [0.717, 1.165) is 41.0 Å². The van der Waals surface area contributed by atoms with Crippen molar-refractivity contribution < 1.29 is 9.53 Å². The Balaban J connectivity index is 1.35. The Morgan fingerprint density at radius 2 is 1.79 bits per heavy atom. The van der Waals surface area contributed by atoms with E-state index < -0.39 is 0 Å². The molecule has 0 bridgehead atoms. The van der Waals surface area contributed by atoms with Gasteiger partial charge in [-0.2, -0.15) is 0 Å². The summed E-state index contributed by atoms with van der Waals surface area (Å²) in [6, 6.07) is 17.4. The van der Waals surface area contributed by atoms with Crippen LogP contribution in [0, 0.1) is 6.92 Å². The van der Waals surface area contributed by atoms with E-state index in [1.54, 1.807) is 0 Å². The number of anilines is 1. The third kappa shape index (κ3) is 4.36. The molecule has 144 valence electrons. The summed E-state index contributed by atoms with van der Waals surface area (Å²) in [5, 5.41) is 11.9. The van der Waals surface area contributed by atoms with Gasteiger partial charge in [0.1, 0.15) is 17.3 Å². The van der Waals surface area contributed by atoms with Crippen molar-refractivity contribution in [1.82, 2.24) is 14.8 Å². The number of thioether (sulfide) groups is 1. The standard InChI is InChI=1S/C21H22N4O2S/c1-14(28-21-24-23-15(2)25(21)17-10-11-17)20(26)22-16-8-12-19(13-9-16)27-18-6-4-3-5-7-18/h3-9,12-14,17H,10-11H2,1-2H3,(H,22,26)/t14-/m1/s1. The molecule has 3 aromatic rings. The van der Waals surface area contributed by atoms with Crippen LogP contribution in [-0.4, -0.2) is 25.9 Å². The van der Waals surface area contributed by atoms with Gasteiger partial charge in [-0.15, -0.1) is 10.2 Å². The fourth-order valence-electron chi connectivity index (χ4n) is 2.87. The first-order valence-electron chi connectivity index (χ1n) is 9.32. The zero-order valence-corrected chi connectivity index (χ0v) is 16.6. The van der Waals surface area contributed by atoms with E-state index >= 15 is 0 Å². The van der Waals surface area contributed by atoms with Crippen molar-refractivity contribution >= 4 is 23.4 Å². The molecule has 1 saturated carbocycles. The number of para-hydroxylation sites is 1. The van der Waals surface area contributed by atoms with E-state index in [0.29, 0.717) is 6.04 Å². The first kappa shape index (κ1) is 18.6. The predicted molar refractivity (Wildman–Crippen MR) is 110 cm³/mol. The smallest absolute Gasteiger partial charge is 0.237 e. The lowest BCUT2D eigenvalue weighted by Gasteiger charge is -2.13. The van der Waals surface area contributed by atoms with Gasteiger partial charge >= 0.3 is 0 Å². The SMILES string of the molecule is Cc1nnc(S[C@H](C)C(=O)Nc2ccc(Oc3ccccc3)cc2)n1C1CC1. The van der Waals surface area contributed by atoms with Crippen LogP contribution in [0.5, 0.6) is 11.5 Å². The molecule has 1 fully saturated rings. The highest BCUT2D eigenvalue weighted by atomic mass is 32.2. The molecule has 28 heavy (non-hydrogen) atoms. The number of carbonyl (C=O) groups excluding carboxylic acids is 1. The number of carbonyl (C=O) groups is 1. The lowest BCUT2D eigenvalue weighted by atomic mass is 10.3. The van der Waals surface area contributed by atoms with Crippen LogP contribution in [0.1, 0.15) is 31.6 Å². The average molecular weight is 395 g/mol. The molecule has 1 N–H and O–H groups in total. The predicted octanol–water partition coefficient (Wildman–Crippen LogP) is 4.83. The number of benzene rings is 2. The summed E-state index contributed by atoms with van der Waals surface area (Å²) in [5.41, 5.74) is 0.734. The van der Waals surface area contributed by atoms with E-state index in [-0.39, 0.29) is 11.2 Å². The zero-order valence-electron chi connectivity index (χ0n) is 15.8. The van der Waals surface area contributed by atoms with Gasteiger partial charge in [0.05, 0.1) is 5.25 Å². The van der Waals surface area contributed by atoms with Gasteiger partial charge < -0.3 is 14.6 Å². The Bertz CT molecular complexity index is 952. The maximum Gasteiger partial charge on any atom is 0.237 e. The number of aromatic nitrogens is 3. The summed E-state index contributed by atoms with van der Waals surface area (Å²) in [6.45, 7) is 3.84. The number of ether oxygens (including phenoxy) is 1. The molecule has 1 aromatic heterocycles. The minimum Gasteiger partial charge on any atom is -0.457 e. The number of rotatable bonds is 7. The Hall–Kier alpha value is -2.80. The molecule has 1 aliphatic carbocycles. The van der Waals surface area contributed by atoms with Gasteiger partial charge in [0.2, 0.25) is 5.91 Å². The van der Waals surface area contributed by atoms with Crippen molar-refractivity contribution in [2.24, 2.45) is 0 Å². The molecule has 1 amide bonds. The van der Waals surface area contributed by atoms with Crippen molar-refractivity contribution in [1.29, 1.82) is 0 Å². The molecule has 0 radical (unpaired) electrons. The van der Waals surface area contributed by atoms with Crippen LogP contribution in [0.25, 0.3) is 0 Å². The average Bonchev–Trinajstić information content (AvgIpc) is 3.47. The van der Waals surface area contributed by atoms with Gasteiger partial charge in [-0.3, -0.25) is 4.79 Å². The Labute approximate surface area is 168 Å². The summed E-state index contributed by atoms with van der Waals surface area (Å²) in [6.07, 6.45) is 2.31. The summed E-state index contributed by atoms with van der Waals surface area (Å²) in [5.74, 6) is 2.34. The lowest BCUT2D eigenvalue weighted by Crippen LogP contribution is -2.22. The molecular weight excluding hydrogens is 372 g/mol. The van der Waals surface area contributed by atoms with E-state index in [4.69, 9.17) is 4.74 Å². The van der Waals surface area contributed by atoms with Crippen LogP contribution in [0.15, 0.2) is 59.8 Å². The molecule has 0 spiro atoms. The Kier molecular flexibility index (Phi) is 5.34. The quantitative estimate of drug-likeness (QED) is 0.581. The molecule has 1 heterocycles. The molecule has 2 aromatic carbocycles. The monoisotopic (exact) mass is 394 g/mol. The number of hydrogen-bond acceptors (Lipinski definition) is 5. The van der Waals surface area contributed by atoms with Crippen molar-refractivity contribution in [3.8, 4) is 11.5 Å². The van der Waals surface area contributed by atoms with Crippen LogP contribution in [0.3, 0.4) is 0 Å². The van der Waals surface area contributed by atoms with E-state index in [9.17, 15) is 4.79 Å². The number of amides is 1. The maximum atomic E-state index is 12.6. The number of hydrogen-bond donors (Lipinski definition) is 1. The van der Waals surface area contributed by atoms with Crippen LogP contribution in [0.4, 0.5) is 5.69 Å². The Morgan fingerprint density at radius 1 is 1.11 bits per heavy atom. The van der Waals surface area contributed by atoms with Gasteiger partial charge in [0.15, 0.2) is 5.16 Å². The van der Waals surface area contributed by atoms with Crippen LogP contribution >= 0.6 is 11.8 Å². The van der Waals surface area contributed by atoms with Gasteiger partial charge in [-0.05, 0) is 63.1 Å². The fraction of sp³-hybridized carbons (Fsp3) is 0.286. The highest BCUT2D eigenvalue weighted by Crippen LogP contribution is 2.39. The minimum atomic E-state index is -0.277. The molecule has 0 aliphatic heterocycles. The highest BCUT2D eigenvalue weighted by molar-refractivity contribution is 8.00. The van der Waals surface area contributed by atoms with Crippen LogP contribution in [0.2, 0.25) is 0 Å². The second-order valence-corrected chi connectivity index (χ2v) is 8.13. The third-order valence-electron chi connectivity index (χ3n) is 4.50. The normalized spacial score (nSPS) is 14.5. The van der Waals surface area contributed by atoms with Crippen LogP contribution in [-0.2, 0) is 4.79 Å². The molecule has 1 atom stereocenters. The summed E-state index contributed by atoms with van der Waals surface area (Å²) >= 11 is 1.44. The number of aryl methyl sites for hydroxylation is 1. The van der Waals surface area contributed by atoms with E-state index in [1.807, 2.05) is 68.4 Å². The second-order valence-electron chi connectivity index (χ2n) is 6.82. The van der Waals surface area contributed by atoms with Gasteiger partial charge in [0, 0.05) is 11.7 Å². The minimum absolute atomic E-state index is 0.0651. The number of nitrogens with zero attached hydrogens (tertiary/aromatic N) is 3. The highest BCUT2D eigenvalue weighted by Gasteiger charge is 2.29. The third-order valence-corrected chi connectivity index (χ3v) is 5.56. The van der Waals surface area contributed by atoms with Crippen molar-refractivity contribution in [3.63, 3.8) is 0 Å². The molecule has 1 aliphatic rings. The zero-order chi connectivity index (χ0) is 19.5. The van der Waals surface area contributed by atoms with Gasteiger partial charge in [0.25, 0.3) is 0 Å². The summed E-state index contributed by atoms with van der Waals surface area (Å²) in [7, 11) is 0. The van der Waals surface area contributed by atoms with Crippen molar-refractivity contribution in [3.05, 3.63) is 60.4 Å². The maximum absolute atomic E-state index is 12.6. The fourth-order valence-corrected chi connectivity index (χ4v) is 3.83. The molecule has 0 unspecified atom stereocenters. The molecule has 6 nitrogen and oxygen atoms in total. The van der Waals surface area contributed by atoms with E-state index in [1.165, 1.54) is 11.8 Å². The summed E-state index contributed by atoms with van der Waals surface area (Å²) in [4.78, 5) is 12.6. The number of nitrogens with one attached hydrogen (secondary N) is 1. The molecule has 7 heteroatoms. The van der Waals surface area contributed by atoms with Gasteiger partial charge in [-0.1, -0.05) is 30.0 Å². The topological polar surface area (TPSA) is 69.0 Å². The molecule has 0 saturated heterocycles. The first-order chi connectivity index (χ1) is 13.6. The van der Waals surface area contributed by atoms with Crippen LogP contribution < -0.4 is 10.1 Å². The summed E-state index contributed by atoms with van der Waals surface area (Å²) < 4.78 is 7.92. The lowest BCUT2D eigenvalue weighted by molar-refractivity contribution is -0.115. The first-order valence-corrected chi connectivity index (χ1v) is 10.2. The molecule has 4 rings (SSSR count). The van der Waals surface area contributed by atoms with Gasteiger partial charge in [-0.25, -0.2) is 0 Å². The van der Waals surface area contributed by atoms with E-state index in [2.05, 4.69) is 20.1 Å². The van der Waals surface area contributed by atoms with Crippen molar-refractivity contribution in [2.45, 2.75) is 43.1 Å². The second kappa shape index (κ2) is 8.06. The Morgan fingerprint density at radius 3 is 2.46 bits per heavy atom. The largest absolute Gasteiger partial charge is 0.457 e.